The summed E-state index contributed by atoms with van der Waals surface area (Å²) >= 11 is 12.1. The Morgan fingerprint density at radius 3 is 2.48 bits per heavy atom. The number of amides is 1. The maximum atomic E-state index is 15.6. The number of benzene rings is 3. The number of hydrogen-bond donors (Lipinski definition) is 1. The van der Waals surface area contributed by atoms with Gasteiger partial charge >= 0.3 is 5.97 Å². The number of hydrogen-bond acceptors (Lipinski definition) is 3. The van der Waals surface area contributed by atoms with Gasteiger partial charge in [-0.1, -0.05) is 59.1 Å². The maximum absolute atomic E-state index is 15.6. The monoisotopic (exact) mass is 580 g/mol. The normalized spacial score (nSPS) is 20.4. The molecular formula is C31H24Cl2F2N2O3. The molecule has 1 aliphatic rings. The van der Waals surface area contributed by atoms with E-state index in [1.165, 1.54) is 71.6 Å². The van der Waals surface area contributed by atoms with E-state index in [1.807, 2.05) is 0 Å². The molecule has 1 amide bonds. The molecule has 1 N–H and O–H groups in total. The second-order valence-corrected chi connectivity index (χ2v) is 10.6. The molecule has 4 rings (SSSR count). The molecule has 1 saturated heterocycles. The third-order valence-corrected chi connectivity index (χ3v) is 7.62. The molecule has 0 spiro atoms. The number of aromatic carboxylic acids is 1. The summed E-state index contributed by atoms with van der Waals surface area (Å²) in [5.74, 6) is -3.85. The fraction of sp³-hybridized carbons (Fsp3) is 0.194. The second kappa shape index (κ2) is 11.6. The third-order valence-electron chi connectivity index (χ3n) is 7.10. The van der Waals surface area contributed by atoms with Crippen molar-refractivity contribution in [3.05, 3.63) is 123 Å². The Hall–Kier alpha value is -3.99. The highest BCUT2D eigenvalue weighted by atomic mass is 35.5. The topological polar surface area (TPSA) is 81.4 Å². The van der Waals surface area contributed by atoms with E-state index in [1.54, 1.807) is 6.92 Å². The summed E-state index contributed by atoms with van der Waals surface area (Å²) in [5.41, 5.74) is -0.416. The Kier molecular flexibility index (Phi) is 8.43. The molecule has 3 aromatic carbocycles. The van der Waals surface area contributed by atoms with Crippen molar-refractivity contribution < 1.29 is 23.5 Å². The van der Waals surface area contributed by atoms with E-state index in [0.29, 0.717) is 11.1 Å². The Morgan fingerprint density at radius 1 is 1.18 bits per heavy atom. The van der Waals surface area contributed by atoms with E-state index >= 15 is 8.78 Å². The molecule has 9 heteroatoms. The number of carboxylic acid groups (broad SMARTS) is 1. The molecule has 1 aliphatic heterocycles. The van der Waals surface area contributed by atoms with E-state index < -0.39 is 40.9 Å². The number of nitriles is 1. The standard InChI is InChI=1S/C31H24Cl2F2N2O3/c1-18(2)14-21-16-37(27(38)13-8-19-6-9-20(10-7-19)30(39)40)29(23-4-3-5-25(33)28(23)35)31(21,17-36)24-12-11-22(32)15-26(24)34/h3-13,15,21,29H,1,14,16H2,2H3,(H,39,40)/b13-8+/t21-,29-,31-/m1/s1. The number of carboxylic acids is 1. The Bertz CT molecular complexity index is 1570. The summed E-state index contributed by atoms with van der Waals surface area (Å²) in [7, 11) is 0. The summed E-state index contributed by atoms with van der Waals surface area (Å²) in [6, 6.07) is 15.1. The van der Waals surface area contributed by atoms with Gasteiger partial charge in [0.2, 0.25) is 5.91 Å². The summed E-state index contributed by atoms with van der Waals surface area (Å²) in [6.07, 6.45) is 3.01. The van der Waals surface area contributed by atoms with Crippen LogP contribution in [0.4, 0.5) is 8.78 Å². The van der Waals surface area contributed by atoms with Gasteiger partial charge in [-0.2, -0.15) is 5.26 Å². The molecule has 0 aromatic heterocycles. The Morgan fingerprint density at radius 2 is 1.88 bits per heavy atom. The minimum atomic E-state index is -1.72. The summed E-state index contributed by atoms with van der Waals surface area (Å²) in [6.45, 7) is 5.73. The number of rotatable bonds is 7. The molecule has 0 unspecified atom stereocenters. The van der Waals surface area contributed by atoms with Crippen molar-refractivity contribution in [1.29, 1.82) is 5.26 Å². The van der Waals surface area contributed by atoms with Gasteiger partial charge < -0.3 is 10.0 Å². The lowest BCUT2D eigenvalue weighted by Gasteiger charge is -2.36. The molecule has 0 aliphatic carbocycles. The average molecular weight is 581 g/mol. The first-order valence-corrected chi connectivity index (χ1v) is 13.0. The van der Waals surface area contributed by atoms with Gasteiger partial charge in [0.15, 0.2) is 0 Å². The van der Waals surface area contributed by atoms with E-state index in [2.05, 4.69) is 12.6 Å². The highest BCUT2D eigenvalue weighted by molar-refractivity contribution is 6.31. The van der Waals surface area contributed by atoms with Crippen LogP contribution in [0.3, 0.4) is 0 Å². The van der Waals surface area contributed by atoms with Gasteiger partial charge in [-0.25, -0.2) is 13.6 Å². The van der Waals surface area contributed by atoms with Gasteiger partial charge in [0, 0.05) is 34.7 Å². The average Bonchev–Trinajstić information content (AvgIpc) is 3.22. The lowest BCUT2D eigenvalue weighted by atomic mass is 9.65. The summed E-state index contributed by atoms with van der Waals surface area (Å²) in [5, 5.41) is 19.8. The molecule has 1 heterocycles. The van der Waals surface area contributed by atoms with Crippen molar-refractivity contribution in [1.82, 2.24) is 4.90 Å². The van der Waals surface area contributed by atoms with Crippen LogP contribution in [0, 0.1) is 28.9 Å². The van der Waals surface area contributed by atoms with Crippen LogP contribution in [-0.4, -0.2) is 28.4 Å². The first kappa shape index (κ1) is 29.0. The first-order chi connectivity index (χ1) is 19.0. The fourth-order valence-electron chi connectivity index (χ4n) is 5.37. The van der Waals surface area contributed by atoms with Crippen LogP contribution in [0.1, 0.15) is 46.4 Å². The summed E-state index contributed by atoms with van der Waals surface area (Å²) < 4.78 is 31.2. The lowest BCUT2D eigenvalue weighted by Crippen LogP contribution is -2.40. The first-order valence-electron chi connectivity index (χ1n) is 12.3. The SMILES string of the molecule is C=C(C)C[C@@H]1CN(C(=O)/C=C/c2ccc(C(=O)O)cc2)[C@H](c2cccc(Cl)c2F)[C@@]1(C#N)c1ccc(Cl)cc1F. The van der Waals surface area contributed by atoms with Crippen LogP contribution < -0.4 is 0 Å². The highest BCUT2D eigenvalue weighted by Crippen LogP contribution is 2.55. The molecule has 0 radical (unpaired) electrons. The maximum Gasteiger partial charge on any atom is 0.335 e. The quantitative estimate of drug-likeness (QED) is 0.230. The Labute approximate surface area is 240 Å². The van der Waals surface area contributed by atoms with Gasteiger partial charge in [0.1, 0.15) is 17.0 Å². The van der Waals surface area contributed by atoms with E-state index in [0.717, 1.165) is 6.07 Å². The smallest absolute Gasteiger partial charge is 0.335 e. The zero-order valence-electron chi connectivity index (χ0n) is 21.4. The number of nitrogens with zero attached hydrogens (tertiary/aromatic N) is 2. The zero-order chi connectivity index (χ0) is 29.2. The van der Waals surface area contributed by atoms with Crippen LogP contribution in [0.2, 0.25) is 10.0 Å². The Balaban J connectivity index is 1.89. The van der Waals surface area contributed by atoms with Gasteiger partial charge in [0.25, 0.3) is 0 Å². The van der Waals surface area contributed by atoms with Crippen LogP contribution in [0.5, 0.6) is 0 Å². The third kappa shape index (κ3) is 5.38. The molecule has 3 aromatic rings. The van der Waals surface area contributed by atoms with E-state index in [-0.39, 0.29) is 39.7 Å². The minimum absolute atomic E-state index is 0.000230. The number of carbonyl (C=O) groups is 2. The molecule has 0 saturated carbocycles. The number of halogens is 4. The largest absolute Gasteiger partial charge is 0.478 e. The van der Waals surface area contributed by atoms with Crippen LogP contribution in [0.15, 0.2) is 78.9 Å². The molecule has 0 bridgehead atoms. The number of likely N-dealkylation sites (tertiary alicyclic amines) is 1. The molecule has 3 atom stereocenters. The van der Waals surface area contributed by atoms with Crippen molar-refractivity contribution in [2.75, 3.05) is 6.54 Å². The molecule has 40 heavy (non-hydrogen) atoms. The van der Waals surface area contributed by atoms with Crippen LogP contribution in [0.25, 0.3) is 6.08 Å². The number of allylic oxidation sites excluding steroid dienone is 1. The van der Waals surface area contributed by atoms with Crippen molar-refractivity contribution in [2.45, 2.75) is 24.8 Å². The minimum Gasteiger partial charge on any atom is -0.478 e. The lowest BCUT2D eigenvalue weighted by molar-refractivity contribution is -0.127. The van der Waals surface area contributed by atoms with Crippen molar-refractivity contribution in [3.63, 3.8) is 0 Å². The van der Waals surface area contributed by atoms with Gasteiger partial charge in [-0.15, -0.1) is 6.58 Å². The van der Waals surface area contributed by atoms with Gasteiger partial charge in [-0.3, -0.25) is 4.79 Å². The second-order valence-electron chi connectivity index (χ2n) is 9.76. The van der Waals surface area contributed by atoms with E-state index in [9.17, 15) is 14.9 Å². The molecule has 1 fully saturated rings. The predicted molar refractivity (Wildman–Crippen MR) is 150 cm³/mol. The van der Waals surface area contributed by atoms with Crippen LogP contribution >= 0.6 is 23.2 Å². The number of carbonyl (C=O) groups excluding carboxylic acids is 1. The highest BCUT2D eigenvalue weighted by Gasteiger charge is 2.59. The van der Waals surface area contributed by atoms with Gasteiger partial charge in [-0.05, 0) is 55.3 Å². The van der Waals surface area contributed by atoms with Crippen molar-refractivity contribution >= 4 is 41.2 Å². The van der Waals surface area contributed by atoms with Gasteiger partial charge in [0.05, 0.1) is 22.7 Å². The van der Waals surface area contributed by atoms with Crippen molar-refractivity contribution in [2.24, 2.45) is 5.92 Å². The van der Waals surface area contributed by atoms with Crippen molar-refractivity contribution in [3.8, 4) is 6.07 Å². The fourth-order valence-corrected chi connectivity index (χ4v) is 5.71. The zero-order valence-corrected chi connectivity index (χ0v) is 22.9. The molecule has 5 nitrogen and oxygen atoms in total. The van der Waals surface area contributed by atoms with Crippen LogP contribution in [-0.2, 0) is 10.2 Å². The molecular weight excluding hydrogens is 557 g/mol. The molecule has 204 valence electrons. The predicted octanol–water partition coefficient (Wildman–Crippen LogP) is 7.61. The summed E-state index contributed by atoms with van der Waals surface area (Å²) in [4.78, 5) is 26.2. The van der Waals surface area contributed by atoms with E-state index in [4.69, 9.17) is 28.3 Å².